The van der Waals surface area contributed by atoms with E-state index in [0.717, 1.165) is 6.42 Å². The summed E-state index contributed by atoms with van der Waals surface area (Å²) in [6.45, 7) is 0. The van der Waals surface area contributed by atoms with E-state index in [1.54, 1.807) is 0 Å². The summed E-state index contributed by atoms with van der Waals surface area (Å²) in [7, 11) is 0. The molecule has 1 aliphatic carbocycles. The third-order valence-corrected chi connectivity index (χ3v) is 3.93. The predicted octanol–water partition coefficient (Wildman–Crippen LogP) is 3.52. The number of hydrogen-bond donors (Lipinski definition) is 0. The van der Waals surface area contributed by atoms with Gasteiger partial charge in [0.15, 0.2) is 5.17 Å². The summed E-state index contributed by atoms with van der Waals surface area (Å²) in [5.74, 6) is 0.747. The second-order valence-electron chi connectivity index (χ2n) is 4.54. The van der Waals surface area contributed by atoms with Gasteiger partial charge in [0.1, 0.15) is 6.10 Å². The summed E-state index contributed by atoms with van der Waals surface area (Å²) in [6.07, 6.45) is 3.79. The average molecular weight is 236 g/mol. The quantitative estimate of drug-likeness (QED) is 0.730. The average Bonchev–Trinajstić information content (AvgIpc) is 2.78. The Kier molecular flexibility index (Phi) is 2.60. The van der Waals surface area contributed by atoms with Crippen LogP contribution in [-0.4, -0.2) is 11.3 Å². The van der Waals surface area contributed by atoms with E-state index in [2.05, 4.69) is 29.4 Å². The van der Waals surface area contributed by atoms with Gasteiger partial charge in [0.2, 0.25) is 0 Å². The number of halogens is 1. The lowest BCUT2D eigenvalue weighted by molar-refractivity contribution is 0.0169. The molecule has 84 valence electrons. The highest BCUT2D eigenvalue weighted by Gasteiger charge is 2.41. The summed E-state index contributed by atoms with van der Waals surface area (Å²) in [5, 5.41) is 4.62. The zero-order valence-electron chi connectivity index (χ0n) is 8.97. The summed E-state index contributed by atoms with van der Waals surface area (Å²) in [5.41, 5.74) is 1.26. The third-order valence-electron chi connectivity index (χ3n) is 3.62. The molecule has 0 radical (unpaired) electrons. The van der Waals surface area contributed by atoms with Gasteiger partial charge in [-0.15, -0.1) is 0 Å². The molecular formula is C13H14ClNO. The minimum Gasteiger partial charge on any atom is -0.391 e. The van der Waals surface area contributed by atoms with Gasteiger partial charge >= 0.3 is 0 Å². The molecule has 0 N–H and O–H groups in total. The number of benzene rings is 1. The molecule has 0 amide bonds. The molecule has 3 heteroatoms. The molecule has 0 saturated heterocycles. The zero-order chi connectivity index (χ0) is 11.0. The third kappa shape index (κ3) is 1.61. The lowest BCUT2D eigenvalue weighted by Gasteiger charge is -2.30. The molecule has 0 aromatic heterocycles. The van der Waals surface area contributed by atoms with Gasteiger partial charge in [-0.2, -0.15) is 0 Å². The Hall–Kier alpha value is -1.02. The molecule has 1 aromatic carbocycles. The number of nitrogens with zero attached hydrogens (tertiary/aromatic N) is 1. The van der Waals surface area contributed by atoms with E-state index in [9.17, 15) is 0 Å². The van der Waals surface area contributed by atoms with Crippen molar-refractivity contribution in [3.63, 3.8) is 0 Å². The fourth-order valence-electron chi connectivity index (χ4n) is 2.86. The van der Waals surface area contributed by atoms with Crippen LogP contribution in [0.15, 0.2) is 35.5 Å². The second-order valence-corrected chi connectivity index (χ2v) is 4.93. The number of hydrogen-bond acceptors (Lipinski definition) is 2. The molecule has 3 rings (SSSR count). The lowest BCUT2D eigenvalue weighted by atomic mass is 9.84. The first-order valence-electron chi connectivity index (χ1n) is 5.80. The zero-order valence-corrected chi connectivity index (χ0v) is 9.73. The monoisotopic (exact) mass is 235 g/mol. The smallest absolute Gasteiger partial charge is 0.153 e. The Morgan fingerprint density at radius 2 is 2.00 bits per heavy atom. The van der Waals surface area contributed by atoms with Crippen molar-refractivity contribution in [2.45, 2.75) is 31.3 Å². The molecule has 1 aliphatic heterocycles. The van der Waals surface area contributed by atoms with Crippen LogP contribution >= 0.6 is 11.6 Å². The van der Waals surface area contributed by atoms with Crippen LogP contribution in [-0.2, 0) is 4.84 Å². The van der Waals surface area contributed by atoms with E-state index in [-0.39, 0.29) is 12.0 Å². The van der Waals surface area contributed by atoms with Crippen LogP contribution in [0, 0.1) is 5.92 Å². The Morgan fingerprint density at radius 3 is 2.81 bits per heavy atom. The van der Waals surface area contributed by atoms with Gasteiger partial charge in [0.05, 0.1) is 0 Å². The van der Waals surface area contributed by atoms with E-state index in [4.69, 9.17) is 16.4 Å². The maximum atomic E-state index is 6.21. The molecule has 0 spiro atoms. The normalized spacial score (nSPS) is 32.8. The summed E-state index contributed by atoms with van der Waals surface area (Å²) < 4.78 is 0. The topological polar surface area (TPSA) is 21.6 Å². The van der Waals surface area contributed by atoms with Crippen molar-refractivity contribution in [3.8, 4) is 0 Å². The molecule has 1 heterocycles. The van der Waals surface area contributed by atoms with Crippen molar-refractivity contribution < 1.29 is 4.84 Å². The van der Waals surface area contributed by atoms with Gasteiger partial charge in [0.25, 0.3) is 0 Å². The fraction of sp³-hybridized carbons (Fsp3) is 0.462. The minimum atomic E-state index is 0.240. The molecule has 1 fully saturated rings. The van der Waals surface area contributed by atoms with Crippen molar-refractivity contribution in [1.29, 1.82) is 0 Å². The van der Waals surface area contributed by atoms with Crippen molar-refractivity contribution in [3.05, 3.63) is 35.9 Å². The molecule has 2 aliphatic rings. The number of fused-ring (bicyclic) bond motifs is 1. The highest BCUT2D eigenvalue weighted by molar-refractivity contribution is 6.66. The first kappa shape index (κ1) is 10.2. The maximum Gasteiger partial charge on any atom is 0.153 e. The highest BCUT2D eigenvalue weighted by atomic mass is 35.5. The largest absolute Gasteiger partial charge is 0.391 e. The van der Waals surface area contributed by atoms with E-state index in [1.165, 1.54) is 18.4 Å². The molecule has 1 saturated carbocycles. The second kappa shape index (κ2) is 4.10. The van der Waals surface area contributed by atoms with Crippen LogP contribution in [0.25, 0.3) is 0 Å². The standard InChI is InChI=1S/C13H14ClNO/c14-13-12(9-5-2-1-3-6-9)10-7-4-8-11(10)16-15-13/h1-3,5-6,10-12H,4,7-8H2/t10-,11+,12+/m0/s1. The van der Waals surface area contributed by atoms with Crippen molar-refractivity contribution in [2.75, 3.05) is 0 Å². The lowest BCUT2D eigenvalue weighted by Crippen LogP contribution is -2.31. The van der Waals surface area contributed by atoms with E-state index >= 15 is 0 Å². The van der Waals surface area contributed by atoms with Gasteiger partial charge in [-0.3, -0.25) is 0 Å². The molecule has 0 bridgehead atoms. The van der Waals surface area contributed by atoms with Gasteiger partial charge < -0.3 is 4.84 Å². The first-order valence-corrected chi connectivity index (χ1v) is 6.18. The van der Waals surface area contributed by atoms with Gasteiger partial charge in [-0.05, 0) is 24.8 Å². The first-order chi connectivity index (χ1) is 7.86. The molecular weight excluding hydrogens is 222 g/mol. The summed E-state index contributed by atoms with van der Waals surface area (Å²) >= 11 is 6.21. The number of rotatable bonds is 1. The van der Waals surface area contributed by atoms with Crippen LogP contribution in [0.3, 0.4) is 0 Å². The van der Waals surface area contributed by atoms with Gasteiger partial charge in [-0.25, -0.2) is 0 Å². The van der Waals surface area contributed by atoms with Crippen molar-refractivity contribution >= 4 is 16.8 Å². The van der Waals surface area contributed by atoms with Crippen LogP contribution in [0.1, 0.15) is 30.7 Å². The Bertz CT molecular complexity index is 404. The van der Waals surface area contributed by atoms with Crippen LogP contribution < -0.4 is 0 Å². The molecule has 3 atom stereocenters. The Labute approximate surface area is 100 Å². The highest BCUT2D eigenvalue weighted by Crippen LogP contribution is 2.43. The summed E-state index contributed by atoms with van der Waals surface area (Å²) in [6, 6.07) is 10.4. The van der Waals surface area contributed by atoms with Crippen molar-refractivity contribution in [1.82, 2.24) is 0 Å². The van der Waals surface area contributed by atoms with Crippen LogP contribution in [0.4, 0.5) is 0 Å². The SMILES string of the molecule is ClC1=NO[C@@H]2CCC[C@@H]2[C@H]1c1ccccc1. The molecule has 16 heavy (non-hydrogen) atoms. The van der Waals surface area contributed by atoms with Gasteiger partial charge in [-0.1, -0.05) is 47.1 Å². The Morgan fingerprint density at radius 1 is 1.19 bits per heavy atom. The molecule has 2 nitrogen and oxygen atoms in total. The van der Waals surface area contributed by atoms with Crippen LogP contribution in [0.2, 0.25) is 0 Å². The maximum absolute atomic E-state index is 6.21. The summed E-state index contributed by atoms with van der Waals surface area (Å²) in [4.78, 5) is 5.42. The van der Waals surface area contributed by atoms with Gasteiger partial charge in [0, 0.05) is 11.8 Å². The van der Waals surface area contributed by atoms with E-state index < -0.39 is 0 Å². The Balaban J connectivity index is 1.97. The van der Waals surface area contributed by atoms with Crippen molar-refractivity contribution in [2.24, 2.45) is 11.1 Å². The van der Waals surface area contributed by atoms with Crippen LogP contribution in [0.5, 0.6) is 0 Å². The minimum absolute atomic E-state index is 0.240. The van der Waals surface area contributed by atoms with E-state index in [0.29, 0.717) is 11.1 Å². The molecule has 1 aromatic rings. The predicted molar refractivity (Wildman–Crippen MR) is 64.7 cm³/mol. The van der Waals surface area contributed by atoms with E-state index in [1.807, 2.05) is 6.07 Å². The fourth-order valence-corrected chi connectivity index (χ4v) is 3.19. The molecule has 0 unspecified atom stereocenters. The number of oxime groups is 1.